The maximum absolute atomic E-state index is 3.47. The van der Waals surface area contributed by atoms with E-state index < -0.39 is 0 Å². The molecule has 28 heavy (non-hydrogen) atoms. The van der Waals surface area contributed by atoms with Gasteiger partial charge in [0.25, 0.3) is 0 Å². The van der Waals surface area contributed by atoms with Gasteiger partial charge >= 0.3 is 0 Å². The third-order valence-electron chi connectivity index (χ3n) is 5.30. The Kier molecular flexibility index (Phi) is 16.2. The van der Waals surface area contributed by atoms with E-state index in [2.05, 4.69) is 47.2 Å². The van der Waals surface area contributed by atoms with Gasteiger partial charge in [0.1, 0.15) is 0 Å². The molecular weight excluding hydrogens is 342 g/mol. The number of hydrogen-bond acceptors (Lipinski definition) is 3. The zero-order chi connectivity index (χ0) is 21.4. The first-order chi connectivity index (χ1) is 13.8. The first kappa shape index (κ1) is 26.9. The van der Waals surface area contributed by atoms with E-state index in [0.29, 0.717) is 0 Å². The van der Waals surface area contributed by atoms with Gasteiger partial charge < -0.3 is 10.2 Å². The van der Waals surface area contributed by atoms with E-state index in [1.165, 1.54) is 75.5 Å². The summed E-state index contributed by atoms with van der Waals surface area (Å²) in [5.74, 6) is 0.915. The highest BCUT2D eigenvalue weighted by molar-refractivity contribution is 5.55. The molecule has 3 rings (SSSR count). The molecule has 0 saturated carbocycles. The molecule has 164 valence electrons. The smallest absolute Gasteiger partial charge is 0.0399 e. The van der Waals surface area contributed by atoms with Crippen LogP contribution in [0.15, 0.2) is 18.2 Å². The molecule has 2 aliphatic rings. The molecule has 3 nitrogen and oxygen atoms in total. The molecule has 1 aromatic rings. The van der Waals surface area contributed by atoms with Crippen LogP contribution in [0.4, 0.5) is 5.69 Å². The van der Waals surface area contributed by atoms with Crippen LogP contribution in [-0.4, -0.2) is 50.7 Å². The van der Waals surface area contributed by atoms with Crippen LogP contribution in [0.25, 0.3) is 0 Å². The average Bonchev–Trinajstić information content (AvgIpc) is 2.79. The van der Waals surface area contributed by atoms with Gasteiger partial charge in [-0.15, -0.1) is 0 Å². The van der Waals surface area contributed by atoms with Crippen LogP contribution in [0, 0.1) is 12.8 Å². The summed E-state index contributed by atoms with van der Waals surface area (Å²) in [6, 6.07) is 6.95. The van der Waals surface area contributed by atoms with E-state index in [0.717, 1.165) is 12.3 Å². The van der Waals surface area contributed by atoms with Crippen molar-refractivity contribution in [1.29, 1.82) is 0 Å². The van der Waals surface area contributed by atoms with Crippen molar-refractivity contribution in [3.63, 3.8) is 0 Å². The highest BCUT2D eigenvalue weighted by Crippen LogP contribution is 2.24. The van der Waals surface area contributed by atoms with E-state index in [4.69, 9.17) is 0 Å². The summed E-state index contributed by atoms with van der Waals surface area (Å²) in [4.78, 5) is 5.28. The molecule has 2 fully saturated rings. The Morgan fingerprint density at radius 1 is 0.893 bits per heavy atom. The van der Waals surface area contributed by atoms with Gasteiger partial charge in [0.05, 0.1) is 0 Å². The third kappa shape index (κ3) is 8.96. The lowest BCUT2D eigenvalue weighted by molar-refractivity contribution is 0.196. The van der Waals surface area contributed by atoms with E-state index >= 15 is 0 Å². The summed E-state index contributed by atoms with van der Waals surface area (Å²) < 4.78 is 0. The number of rotatable bonds is 4. The molecule has 0 unspecified atom stereocenters. The summed E-state index contributed by atoms with van der Waals surface area (Å²) >= 11 is 0. The predicted molar refractivity (Wildman–Crippen MR) is 129 cm³/mol. The van der Waals surface area contributed by atoms with Gasteiger partial charge in [-0.2, -0.15) is 0 Å². The van der Waals surface area contributed by atoms with Gasteiger partial charge in [0.15, 0.2) is 0 Å². The van der Waals surface area contributed by atoms with Crippen molar-refractivity contribution in [2.24, 2.45) is 5.92 Å². The number of piperidine rings is 1. The van der Waals surface area contributed by atoms with Crippen molar-refractivity contribution in [2.45, 2.75) is 74.7 Å². The SMILES string of the molecule is CC.CC.CC.CCc1cc(C)ccc1N1CCN(CC2CCNCC2)CC1. The fourth-order valence-corrected chi connectivity index (χ4v) is 3.91. The molecule has 1 N–H and O–H groups in total. The van der Waals surface area contributed by atoms with Crippen molar-refractivity contribution >= 4 is 5.69 Å². The quantitative estimate of drug-likeness (QED) is 0.704. The van der Waals surface area contributed by atoms with Gasteiger partial charge in [0.2, 0.25) is 0 Å². The molecule has 3 heteroatoms. The van der Waals surface area contributed by atoms with Crippen molar-refractivity contribution in [3.05, 3.63) is 29.3 Å². The van der Waals surface area contributed by atoms with Crippen LogP contribution >= 0.6 is 0 Å². The molecule has 0 atom stereocenters. The van der Waals surface area contributed by atoms with E-state index in [-0.39, 0.29) is 0 Å². The number of nitrogens with one attached hydrogen (secondary N) is 1. The predicted octanol–water partition coefficient (Wildman–Crippen LogP) is 5.76. The Balaban J connectivity index is 0.00000111. The van der Waals surface area contributed by atoms with Crippen LogP contribution in [0.5, 0.6) is 0 Å². The number of nitrogens with zero attached hydrogens (tertiary/aromatic N) is 2. The van der Waals surface area contributed by atoms with E-state index in [1.807, 2.05) is 41.5 Å². The highest BCUT2D eigenvalue weighted by Gasteiger charge is 2.22. The number of benzene rings is 1. The fraction of sp³-hybridized carbons (Fsp3) is 0.760. The van der Waals surface area contributed by atoms with Gasteiger partial charge in [-0.3, -0.25) is 4.90 Å². The minimum atomic E-state index is 0.915. The molecular formula is C25H49N3. The largest absolute Gasteiger partial charge is 0.369 e. The van der Waals surface area contributed by atoms with Gasteiger partial charge in [-0.25, -0.2) is 0 Å². The van der Waals surface area contributed by atoms with Crippen LogP contribution in [0.1, 0.15) is 72.4 Å². The lowest BCUT2D eigenvalue weighted by atomic mass is 9.97. The van der Waals surface area contributed by atoms with Crippen molar-refractivity contribution in [2.75, 3.05) is 50.7 Å². The molecule has 0 spiro atoms. The van der Waals surface area contributed by atoms with Gasteiger partial charge in [-0.1, -0.05) is 66.2 Å². The summed E-state index contributed by atoms with van der Waals surface area (Å²) in [6.07, 6.45) is 3.85. The first-order valence-corrected chi connectivity index (χ1v) is 12.0. The minimum Gasteiger partial charge on any atom is -0.369 e. The molecule has 2 saturated heterocycles. The van der Waals surface area contributed by atoms with Crippen molar-refractivity contribution in [3.8, 4) is 0 Å². The lowest BCUT2D eigenvalue weighted by Gasteiger charge is -2.39. The lowest BCUT2D eigenvalue weighted by Crippen LogP contribution is -2.48. The summed E-state index contributed by atoms with van der Waals surface area (Å²) in [5, 5.41) is 3.47. The Morgan fingerprint density at radius 2 is 1.46 bits per heavy atom. The second kappa shape index (κ2) is 16.9. The summed E-state index contributed by atoms with van der Waals surface area (Å²) in [7, 11) is 0. The Labute approximate surface area is 176 Å². The molecule has 0 aromatic heterocycles. The Hall–Kier alpha value is -1.06. The van der Waals surface area contributed by atoms with Crippen LogP contribution in [0.2, 0.25) is 0 Å². The Bertz CT molecular complexity index is 473. The van der Waals surface area contributed by atoms with E-state index in [9.17, 15) is 0 Å². The number of piperazine rings is 1. The second-order valence-electron chi connectivity index (χ2n) is 6.97. The maximum Gasteiger partial charge on any atom is 0.0399 e. The molecule has 2 heterocycles. The molecule has 0 radical (unpaired) electrons. The monoisotopic (exact) mass is 391 g/mol. The van der Waals surface area contributed by atoms with Crippen LogP contribution in [0.3, 0.4) is 0 Å². The topological polar surface area (TPSA) is 18.5 Å². The Morgan fingerprint density at radius 3 is 2.00 bits per heavy atom. The van der Waals surface area contributed by atoms with Crippen LogP contribution in [-0.2, 0) is 6.42 Å². The number of aryl methyl sites for hydroxylation is 2. The fourth-order valence-electron chi connectivity index (χ4n) is 3.91. The minimum absolute atomic E-state index is 0.915. The zero-order valence-electron chi connectivity index (χ0n) is 20.3. The standard InChI is InChI=1S/C19H31N3.3C2H6/c1-3-18-14-16(2)4-5-19(18)22-12-10-21(11-13-22)15-17-6-8-20-9-7-17;3*1-2/h4-5,14,17,20H,3,6-13,15H2,1-2H3;3*1-2H3. The van der Waals surface area contributed by atoms with Crippen LogP contribution < -0.4 is 10.2 Å². The van der Waals surface area contributed by atoms with E-state index in [1.54, 1.807) is 0 Å². The third-order valence-corrected chi connectivity index (χ3v) is 5.30. The normalized spacial score (nSPS) is 17.4. The maximum atomic E-state index is 3.47. The number of hydrogen-bond donors (Lipinski definition) is 1. The molecule has 2 aliphatic heterocycles. The second-order valence-corrected chi connectivity index (χ2v) is 6.97. The van der Waals surface area contributed by atoms with Crippen molar-refractivity contribution < 1.29 is 0 Å². The van der Waals surface area contributed by atoms with Gasteiger partial charge in [0, 0.05) is 38.4 Å². The molecule has 0 amide bonds. The molecule has 0 bridgehead atoms. The molecule has 0 aliphatic carbocycles. The highest BCUT2D eigenvalue weighted by atomic mass is 15.3. The van der Waals surface area contributed by atoms with Gasteiger partial charge in [-0.05, 0) is 56.8 Å². The average molecular weight is 392 g/mol. The zero-order valence-corrected chi connectivity index (χ0v) is 20.3. The molecule has 1 aromatic carbocycles. The number of anilines is 1. The van der Waals surface area contributed by atoms with Crippen molar-refractivity contribution in [1.82, 2.24) is 10.2 Å². The summed E-state index contributed by atoms with van der Waals surface area (Å²) in [6.45, 7) is 25.0. The first-order valence-electron chi connectivity index (χ1n) is 12.0. The summed E-state index contributed by atoms with van der Waals surface area (Å²) in [5.41, 5.74) is 4.35.